The molecule has 4 aromatic carbocycles. The summed E-state index contributed by atoms with van der Waals surface area (Å²) >= 11 is 12.3. The molecule has 0 bridgehead atoms. The van der Waals surface area contributed by atoms with Crippen molar-refractivity contribution in [2.75, 3.05) is 88.6 Å². The molecule has 6 aromatic rings. The summed E-state index contributed by atoms with van der Waals surface area (Å²) < 4.78 is 43.1. The van der Waals surface area contributed by atoms with Crippen molar-refractivity contribution in [3.63, 3.8) is 0 Å². The summed E-state index contributed by atoms with van der Waals surface area (Å²) in [5, 5.41) is 40.9. The molecule has 0 unspecified atom stereocenters. The zero-order valence-electron chi connectivity index (χ0n) is 39.4. The Morgan fingerprint density at radius 3 is 1.48 bits per heavy atom. The number of halogens is 2. The average molecular weight is 1030 g/mol. The van der Waals surface area contributed by atoms with Gasteiger partial charge in [0.1, 0.15) is 11.4 Å². The maximum Gasteiger partial charge on any atom is 0.388 e. The van der Waals surface area contributed by atoms with Gasteiger partial charge in [-0.1, -0.05) is 83.9 Å². The number of nitrogens with zero attached hydrogens (tertiary/aromatic N) is 7. The third kappa shape index (κ3) is 14.4. The van der Waals surface area contributed by atoms with Crippen molar-refractivity contribution in [3.8, 4) is 22.9 Å². The van der Waals surface area contributed by atoms with E-state index in [-0.39, 0.29) is 44.2 Å². The number of piperazine rings is 2. The molecule has 0 spiro atoms. The number of hydrogen-bond donors (Lipinski definition) is 5. The number of nitrogens with one attached hydrogen (secondary N) is 2. The first-order valence-electron chi connectivity index (χ1n) is 23.4. The lowest BCUT2D eigenvalue weighted by atomic mass is 9.92. The SMILES string of the molecule is CB(O)NS(=O)(=O)N1CCN(c2cnn(-c3cccc(Cl)c3)c(=O)c2OCCc2cccc(CCO)c2)CC1.O=c1c(OCCc2cccc(CCO)c2)c(N2CCNCC2)cnn1-c1cccc(Cl)c1. The van der Waals surface area contributed by atoms with Crippen molar-refractivity contribution in [3.05, 3.63) is 162 Å². The maximum absolute atomic E-state index is 13.6. The van der Waals surface area contributed by atoms with E-state index in [2.05, 4.69) is 31.1 Å². The second kappa shape index (κ2) is 25.5. The average Bonchev–Trinajstić information content (AvgIpc) is 3.35. The first kappa shape index (κ1) is 53.0. The highest BCUT2D eigenvalue weighted by Gasteiger charge is 2.31. The zero-order chi connectivity index (χ0) is 50.3. The summed E-state index contributed by atoms with van der Waals surface area (Å²) in [6, 6.07) is 29.7. The van der Waals surface area contributed by atoms with Crippen LogP contribution in [0.25, 0.3) is 11.4 Å². The van der Waals surface area contributed by atoms with Crippen molar-refractivity contribution < 1.29 is 33.1 Å². The number of anilines is 2. The number of hydrogen-bond acceptors (Lipinski definition) is 14. The molecule has 0 amide bonds. The monoisotopic (exact) mass is 1030 g/mol. The van der Waals surface area contributed by atoms with Gasteiger partial charge in [0.25, 0.3) is 10.2 Å². The molecule has 0 saturated carbocycles. The molecule has 71 heavy (non-hydrogen) atoms. The molecule has 2 aliphatic rings. The smallest absolute Gasteiger partial charge is 0.388 e. The first-order valence-corrected chi connectivity index (χ1v) is 25.6. The van der Waals surface area contributed by atoms with Crippen LogP contribution in [-0.4, -0.2) is 133 Å². The number of rotatable bonds is 19. The maximum atomic E-state index is 13.6. The summed E-state index contributed by atoms with van der Waals surface area (Å²) in [6.45, 7) is 6.22. The summed E-state index contributed by atoms with van der Waals surface area (Å²) in [5.74, 6) is 0.406. The number of aromatic nitrogens is 4. The highest BCUT2D eigenvalue weighted by Crippen LogP contribution is 2.28. The normalized spacial score (nSPS) is 14.2. The van der Waals surface area contributed by atoms with Crippen molar-refractivity contribution >= 4 is 51.8 Å². The molecule has 0 aliphatic carbocycles. The molecule has 0 radical (unpaired) electrons. The van der Waals surface area contributed by atoms with Gasteiger partial charge in [-0.15, -0.1) is 0 Å². The van der Waals surface area contributed by atoms with E-state index in [9.17, 15) is 33.2 Å². The fourth-order valence-electron chi connectivity index (χ4n) is 8.21. The Hall–Kier alpha value is -5.81. The molecule has 5 N–H and O–H groups in total. The fourth-order valence-corrected chi connectivity index (χ4v) is 9.80. The minimum atomic E-state index is -3.84. The molecular weight excluding hydrogens is 972 g/mol. The van der Waals surface area contributed by atoms with E-state index in [4.69, 9.17) is 32.7 Å². The van der Waals surface area contributed by atoms with Crippen LogP contribution in [0.5, 0.6) is 11.5 Å². The van der Waals surface area contributed by atoms with Crippen LogP contribution in [0.4, 0.5) is 11.4 Å². The lowest BCUT2D eigenvalue weighted by Gasteiger charge is -2.35. The molecule has 2 aliphatic heterocycles. The molecule has 22 heteroatoms. The van der Waals surface area contributed by atoms with Gasteiger partial charge >= 0.3 is 18.2 Å². The molecule has 2 fully saturated rings. The van der Waals surface area contributed by atoms with Gasteiger partial charge in [0.15, 0.2) is 0 Å². The highest BCUT2D eigenvalue weighted by atomic mass is 35.5. The largest absolute Gasteiger partial charge is 0.486 e. The molecule has 2 aromatic heterocycles. The van der Waals surface area contributed by atoms with Crippen molar-refractivity contribution in [2.24, 2.45) is 0 Å². The van der Waals surface area contributed by atoms with Gasteiger partial charge in [0, 0.05) is 88.5 Å². The van der Waals surface area contributed by atoms with Crippen LogP contribution in [0.3, 0.4) is 0 Å². The molecule has 8 rings (SSSR count). The second-order valence-electron chi connectivity index (χ2n) is 16.8. The molecule has 0 atom stereocenters. The summed E-state index contributed by atoms with van der Waals surface area (Å²) in [6.07, 6.45) is 5.61. The van der Waals surface area contributed by atoms with Crippen LogP contribution < -0.4 is 40.3 Å². The second-order valence-corrected chi connectivity index (χ2v) is 19.4. The minimum absolute atomic E-state index is 0.0625. The number of aliphatic hydroxyl groups excluding tert-OH is 2. The van der Waals surface area contributed by atoms with E-state index >= 15 is 0 Å². The van der Waals surface area contributed by atoms with Crippen molar-refractivity contribution in [1.29, 1.82) is 0 Å². The van der Waals surface area contributed by atoms with Crippen molar-refractivity contribution in [2.45, 2.75) is 32.5 Å². The Balaban J connectivity index is 0.000000213. The van der Waals surface area contributed by atoms with E-state index in [0.717, 1.165) is 48.4 Å². The molecule has 376 valence electrons. The van der Waals surface area contributed by atoms with E-state index in [0.29, 0.717) is 83.9 Å². The summed E-state index contributed by atoms with van der Waals surface area (Å²) in [7, 11) is -5.05. The van der Waals surface area contributed by atoms with Crippen LogP contribution in [0.15, 0.2) is 119 Å². The fraction of sp³-hybridized carbons (Fsp3) is 0.347. The van der Waals surface area contributed by atoms with Crippen LogP contribution in [0.1, 0.15) is 22.3 Å². The summed E-state index contributed by atoms with van der Waals surface area (Å²) in [5.41, 5.74) is 5.69. The van der Waals surface area contributed by atoms with E-state index in [1.165, 1.54) is 26.7 Å². The standard InChI is InChI=1S/C25H31BClN5O6S.C24H27ClN4O3/c1-26(35)29-39(36,37)31-12-10-30(11-13-31)23-18-28-32(22-7-3-6-21(27)17-22)25(34)24(23)38-15-9-20-5-2-4-19(16-20)8-14-33;25-20-5-2-6-21(16-20)29-24(31)23(22(17-27-29)28-11-9-26-10-12-28)32-14-8-19-4-1-3-18(15-19)7-13-30/h2-7,16-18,29,33,35H,8-15H2,1H3;1-6,15-17,26,30H,7-14H2. The number of benzene rings is 4. The van der Waals surface area contributed by atoms with Crippen LogP contribution in [-0.2, 0) is 35.9 Å². The van der Waals surface area contributed by atoms with Crippen LogP contribution in [0.2, 0.25) is 16.9 Å². The molecular formula is C49H58BCl2N9O9S. The molecule has 18 nitrogen and oxygen atoms in total. The van der Waals surface area contributed by atoms with Crippen LogP contribution >= 0.6 is 23.2 Å². The van der Waals surface area contributed by atoms with E-state index in [1.54, 1.807) is 54.7 Å². The third-order valence-electron chi connectivity index (χ3n) is 11.7. The lowest BCUT2D eigenvalue weighted by molar-refractivity contribution is 0.299. The predicted octanol–water partition coefficient (Wildman–Crippen LogP) is 3.56. The van der Waals surface area contributed by atoms with Gasteiger partial charge in [0.2, 0.25) is 11.5 Å². The zero-order valence-corrected chi connectivity index (χ0v) is 41.7. The van der Waals surface area contributed by atoms with Gasteiger partial charge in [-0.2, -0.15) is 32.3 Å². The molecule has 4 heterocycles. The van der Waals surface area contributed by atoms with Gasteiger partial charge in [0.05, 0.1) is 37.0 Å². The topological polar surface area (TPSA) is 217 Å². The Bertz CT molecular complexity index is 2950. The van der Waals surface area contributed by atoms with Gasteiger partial charge in [-0.25, -0.2) is 4.63 Å². The van der Waals surface area contributed by atoms with Gasteiger partial charge in [-0.05, 0) is 78.3 Å². The Morgan fingerprint density at radius 2 is 1.06 bits per heavy atom. The Morgan fingerprint density at radius 1 is 0.634 bits per heavy atom. The van der Waals surface area contributed by atoms with Crippen molar-refractivity contribution in [1.82, 2.24) is 33.8 Å². The molecule has 2 saturated heterocycles. The Kier molecular flexibility index (Phi) is 19.1. The number of ether oxygens (including phenoxy) is 2. The third-order valence-corrected chi connectivity index (χ3v) is 13.8. The Labute approximate surface area is 423 Å². The van der Waals surface area contributed by atoms with E-state index < -0.39 is 22.8 Å². The highest BCUT2D eigenvalue weighted by molar-refractivity contribution is 7.88. The summed E-state index contributed by atoms with van der Waals surface area (Å²) in [4.78, 5) is 31.0. The van der Waals surface area contributed by atoms with Crippen LogP contribution in [0, 0.1) is 0 Å². The van der Waals surface area contributed by atoms with E-state index in [1.807, 2.05) is 47.4 Å². The first-order chi connectivity index (χ1) is 34.3. The number of aliphatic hydroxyl groups is 2. The van der Waals surface area contributed by atoms with Gasteiger partial charge in [-0.3, -0.25) is 9.59 Å². The van der Waals surface area contributed by atoms with Gasteiger partial charge < -0.3 is 39.8 Å². The minimum Gasteiger partial charge on any atom is -0.486 e. The quantitative estimate of drug-likeness (QED) is 0.0734. The predicted molar refractivity (Wildman–Crippen MR) is 277 cm³/mol. The lowest BCUT2D eigenvalue weighted by Crippen LogP contribution is -2.54.